The van der Waals surface area contributed by atoms with Crippen LogP contribution in [0.3, 0.4) is 0 Å². The number of hydrogen-bond donors (Lipinski definition) is 1. The van der Waals surface area contributed by atoms with Crippen molar-refractivity contribution in [3.63, 3.8) is 0 Å². The van der Waals surface area contributed by atoms with Gasteiger partial charge in [0.05, 0.1) is 11.4 Å². The standard InChI is InChI=1S/C31H33ClN2O3.C9H6O2/c1-20(2)28(34(17-7-16-33)31(36)23-12-10-21(3)11-13-23)30-26(18-22-8-5-4-6-9-22)29(35)25-15-14-24(32)19-27(25)37-30;10-9-6-5-7-3-1-2-4-8(7)11-9/h4-6,8-15,19-20,28H,7,16-18,33H2,1-3H3;1-6H. The molecule has 0 aliphatic rings. The average Bonchev–Trinajstić information content (AvgIpc) is 3.08. The van der Waals surface area contributed by atoms with Crippen LogP contribution in [0.25, 0.3) is 21.9 Å². The zero-order valence-corrected chi connectivity index (χ0v) is 28.1. The van der Waals surface area contributed by atoms with Gasteiger partial charge in [-0.2, -0.15) is 0 Å². The highest BCUT2D eigenvalue weighted by atomic mass is 35.5. The molecule has 6 rings (SSSR count). The summed E-state index contributed by atoms with van der Waals surface area (Å²) >= 11 is 6.27. The molecule has 4 aromatic carbocycles. The van der Waals surface area contributed by atoms with Crippen LogP contribution >= 0.6 is 11.6 Å². The first-order valence-corrected chi connectivity index (χ1v) is 16.4. The van der Waals surface area contributed by atoms with E-state index < -0.39 is 6.04 Å². The number of nitrogens with two attached hydrogens (primary N) is 1. The molecule has 0 bridgehead atoms. The first-order chi connectivity index (χ1) is 23.2. The van der Waals surface area contributed by atoms with E-state index >= 15 is 0 Å². The molecule has 0 fully saturated rings. The van der Waals surface area contributed by atoms with Gasteiger partial charge < -0.3 is 19.5 Å². The second kappa shape index (κ2) is 15.7. The molecule has 1 amide bonds. The average molecular weight is 663 g/mol. The highest BCUT2D eigenvalue weighted by molar-refractivity contribution is 6.31. The lowest BCUT2D eigenvalue weighted by Crippen LogP contribution is -2.40. The third kappa shape index (κ3) is 8.11. The van der Waals surface area contributed by atoms with E-state index in [9.17, 15) is 14.4 Å². The van der Waals surface area contributed by atoms with E-state index in [0.717, 1.165) is 16.5 Å². The van der Waals surface area contributed by atoms with Gasteiger partial charge in [-0.05, 0) is 67.8 Å². The Morgan fingerprint density at radius 2 is 1.54 bits per heavy atom. The molecule has 0 spiro atoms. The number of para-hydroxylation sites is 1. The maximum atomic E-state index is 13.9. The quantitative estimate of drug-likeness (QED) is 0.156. The summed E-state index contributed by atoms with van der Waals surface area (Å²) in [6.07, 6.45) is 1.02. The van der Waals surface area contributed by atoms with Crippen LogP contribution in [0, 0.1) is 12.8 Å². The largest absolute Gasteiger partial charge is 0.458 e. The topological polar surface area (TPSA) is 107 Å². The number of carbonyl (C=O) groups excluding carboxylic acids is 1. The molecule has 8 heteroatoms. The summed E-state index contributed by atoms with van der Waals surface area (Å²) in [6.45, 7) is 6.95. The van der Waals surface area contributed by atoms with Gasteiger partial charge in [-0.3, -0.25) is 9.59 Å². The fourth-order valence-corrected chi connectivity index (χ4v) is 5.90. The van der Waals surface area contributed by atoms with E-state index in [-0.39, 0.29) is 22.9 Å². The smallest absolute Gasteiger partial charge is 0.336 e. The Hall–Kier alpha value is -4.98. The number of benzene rings is 4. The number of hydrogen-bond acceptors (Lipinski definition) is 6. The first kappa shape index (κ1) is 34.4. The lowest BCUT2D eigenvalue weighted by atomic mass is 9.91. The lowest BCUT2D eigenvalue weighted by Gasteiger charge is -2.35. The van der Waals surface area contributed by atoms with Crippen molar-refractivity contribution in [3.8, 4) is 0 Å². The Bertz CT molecular complexity index is 2120. The van der Waals surface area contributed by atoms with E-state index in [1.165, 1.54) is 6.07 Å². The zero-order valence-electron chi connectivity index (χ0n) is 27.3. The highest BCUT2D eigenvalue weighted by Gasteiger charge is 2.33. The van der Waals surface area contributed by atoms with Crippen LogP contribution < -0.4 is 16.8 Å². The highest BCUT2D eigenvalue weighted by Crippen LogP contribution is 2.35. The predicted molar refractivity (Wildman–Crippen MR) is 193 cm³/mol. The predicted octanol–water partition coefficient (Wildman–Crippen LogP) is 8.33. The molecule has 246 valence electrons. The molecule has 6 aromatic rings. The van der Waals surface area contributed by atoms with Crippen molar-refractivity contribution in [3.05, 3.63) is 163 Å². The Morgan fingerprint density at radius 3 is 2.25 bits per heavy atom. The maximum absolute atomic E-state index is 13.9. The van der Waals surface area contributed by atoms with Gasteiger partial charge in [0, 0.05) is 46.6 Å². The van der Waals surface area contributed by atoms with Crippen LogP contribution in [0.4, 0.5) is 0 Å². The molecule has 0 saturated carbocycles. The van der Waals surface area contributed by atoms with Crippen LogP contribution in [0.5, 0.6) is 0 Å². The van der Waals surface area contributed by atoms with Gasteiger partial charge in [0.15, 0.2) is 5.43 Å². The molecule has 0 aliphatic carbocycles. The van der Waals surface area contributed by atoms with Crippen molar-refractivity contribution >= 4 is 39.4 Å². The van der Waals surface area contributed by atoms with Crippen molar-refractivity contribution in [1.82, 2.24) is 4.90 Å². The molecule has 7 nitrogen and oxygen atoms in total. The Labute approximate surface area is 284 Å². The molecule has 0 saturated heterocycles. The fraction of sp³-hybridized carbons (Fsp3) is 0.225. The molecule has 0 aliphatic heterocycles. The van der Waals surface area contributed by atoms with E-state index in [1.807, 2.05) is 98.5 Å². The third-order valence-electron chi connectivity index (χ3n) is 8.13. The van der Waals surface area contributed by atoms with E-state index in [1.54, 1.807) is 30.3 Å². The second-order valence-electron chi connectivity index (χ2n) is 12.1. The van der Waals surface area contributed by atoms with Crippen molar-refractivity contribution in [2.24, 2.45) is 11.7 Å². The molecule has 1 unspecified atom stereocenters. The normalized spacial score (nSPS) is 11.7. The Kier molecular flexibility index (Phi) is 11.3. The number of fused-ring (bicyclic) bond motifs is 2. The SMILES string of the molecule is Cc1ccc(C(=O)N(CCCN)C(c2oc3cc(Cl)ccc3c(=O)c2Cc2ccccc2)C(C)C)cc1.O=c1ccc2ccccc2o1. The van der Waals surface area contributed by atoms with Gasteiger partial charge in [0.1, 0.15) is 16.9 Å². The van der Waals surface area contributed by atoms with Gasteiger partial charge >= 0.3 is 5.63 Å². The van der Waals surface area contributed by atoms with Crippen molar-refractivity contribution in [1.29, 1.82) is 0 Å². The lowest BCUT2D eigenvalue weighted by molar-refractivity contribution is 0.0587. The Balaban J connectivity index is 0.000000343. The van der Waals surface area contributed by atoms with Crippen LogP contribution in [-0.2, 0) is 6.42 Å². The van der Waals surface area contributed by atoms with Crippen molar-refractivity contribution < 1.29 is 13.6 Å². The minimum absolute atomic E-state index is 0.0403. The van der Waals surface area contributed by atoms with Gasteiger partial charge in [-0.1, -0.05) is 91.7 Å². The summed E-state index contributed by atoms with van der Waals surface area (Å²) in [4.78, 5) is 40.3. The molecule has 2 heterocycles. The maximum Gasteiger partial charge on any atom is 0.336 e. The van der Waals surface area contributed by atoms with Gasteiger partial charge in [0.2, 0.25) is 0 Å². The van der Waals surface area contributed by atoms with Gasteiger partial charge in [0.25, 0.3) is 5.91 Å². The number of rotatable bonds is 9. The molecule has 2 aromatic heterocycles. The molecule has 1 atom stereocenters. The van der Waals surface area contributed by atoms with E-state index in [4.69, 9.17) is 26.2 Å². The summed E-state index contributed by atoms with van der Waals surface area (Å²) in [5.41, 5.74) is 9.72. The number of amides is 1. The van der Waals surface area contributed by atoms with Crippen molar-refractivity contribution in [2.75, 3.05) is 13.1 Å². The van der Waals surface area contributed by atoms with Gasteiger partial charge in [-0.15, -0.1) is 0 Å². The minimum atomic E-state index is -0.477. The van der Waals surface area contributed by atoms with E-state index in [2.05, 4.69) is 0 Å². The van der Waals surface area contributed by atoms with Crippen LogP contribution in [-0.4, -0.2) is 23.9 Å². The molecular formula is C40H39ClN2O5. The Morgan fingerprint density at radius 1 is 0.833 bits per heavy atom. The molecule has 2 N–H and O–H groups in total. The summed E-state index contributed by atoms with van der Waals surface area (Å²) in [6, 6.07) is 32.5. The van der Waals surface area contributed by atoms with Crippen LogP contribution in [0.2, 0.25) is 5.02 Å². The number of carbonyl (C=O) groups is 1. The number of nitrogens with zero attached hydrogens (tertiary/aromatic N) is 1. The third-order valence-corrected chi connectivity index (χ3v) is 8.37. The summed E-state index contributed by atoms with van der Waals surface area (Å²) < 4.78 is 11.4. The fourth-order valence-electron chi connectivity index (χ4n) is 5.74. The number of aryl methyl sites for hydroxylation is 1. The zero-order chi connectivity index (χ0) is 34.2. The van der Waals surface area contributed by atoms with Crippen LogP contribution in [0.15, 0.2) is 128 Å². The summed E-state index contributed by atoms with van der Waals surface area (Å²) in [5, 5.41) is 1.90. The van der Waals surface area contributed by atoms with E-state index in [0.29, 0.717) is 64.4 Å². The minimum Gasteiger partial charge on any atom is -0.458 e. The molecule has 0 radical (unpaired) electrons. The summed E-state index contributed by atoms with van der Waals surface area (Å²) in [5.74, 6) is 0.337. The number of halogens is 1. The first-order valence-electron chi connectivity index (χ1n) is 16.0. The summed E-state index contributed by atoms with van der Waals surface area (Å²) in [7, 11) is 0. The molecular weight excluding hydrogens is 624 g/mol. The van der Waals surface area contributed by atoms with Crippen LogP contribution in [0.1, 0.15) is 59.1 Å². The molecule has 48 heavy (non-hydrogen) atoms. The van der Waals surface area contributed by atoms with Gasteiger partial charge in [-0.25, -0.2) is 4.79 Å². The monoisotopic (exact) mass is 662 g/mol. The second-order valence-corrected chi connectivity index (χ2v) is 12.5. The van der Waals surface area contributed by atoms with Crippen molar-refractivity contribution in [2.45, 2.75) is 39.7 Å².